The van der Waals surface area contributed by atoms with E-state index in [2.05, 4.69) is 22.1 Å². The molecule has 1 aromatic heterocycles. The number of amides is 1. The van der Waals surface area contributed by atoms with Crippen molar-refractivity contribution in [2.24, 2.45) is 0 Å². The molecular formula is C18H20N3O2+. The summed E-state index contributed by atoms with van der Waals surface area (Å²) in [6.07, 6.45) is 2.54. The van der Waals surface area contributed by atoms with Crippen molar-refractivity contribution in [2.75, 3.05) is 12.4 Å². The summed E-state index contributed by atoms with van der Waals surface area (Å²) in [5.41, 5.74) is 6.91. The number of methoxy groups -OCH3 is 1. The van der Waals surface area contributed by atoms with E-state index in [0.717, 1.165) is 27.9 Å². The van der Waals surface area contributed by atoms with E-state index in [9.17, 15) is 4.79 Å². The fourth-order valence-electron chi connectivity index (χ4n) is 2.58. The van der Waals surface area contributed by atoms with Crippen LogP contribution in [0, 0.1) is 0 Å². The molecule has 0 spiro atoms. The van der Waals surface area contributed by atoms with E-state index >= 15 is 0 Å². The van der Waals surface area contributed by atoms with Crippen LogP contribution in [-0.4, -0.2) is 24.0 Å². The molecule has 3 aromatic rings. The molecule has 0 aliphatic heterocycles. The summed E-state index contributed by atoms with van der Waals surface area (Å²) in [6.45, 7) is 0. The molecule has 5 heteroatoms. The number of hydrogen-bond acceptors (Lipinski definition) is 2. The van der Waals surface area contributed by atoms with Crippen molar-refractivity contribution in [2.45, 2.75) is 12.5 Å². The second kappa shape index (κ2) is 6.54. The van der Waals surface area contributed by atoms with Crippen LogP contribution in [0.2, 0.25) is 0 Å². The van der Waals surface area contributed by atoms with Gasteiger partial charge in [-0.25, -0.2) is 0 Å². The van der Waals surface area contributed by atoms with Crippen molar-refractivity contribution in [3.05, 3.63) is 60.3 Å². The number of aromatic amines is 1. The van der Waals surface area contributed by atoms with Crippen LogP contribution in [0.4, 0.5) is 5.69 Å². The van der Waals surface area contributed by atoms with Crippen molar-refractivity contribution in [3.63, 3.8) is 0 Å². The molecule has 23 heavy (non-hydrogen) atoms. The Labute approximate surface area is 134 Å². The van der Waals surface area contributed by atoms with E-state index in [1.807, 2.05) is 48.7 Å². The molecule has 1 heterocycles. The van der Waals surface area contributed by atoms with Crippen LogP contribution in [0.1, 0.15) is 5.56 Å². The minimum atomic E-state index is -0.365. The SMILES string of the molecule is COc1ccc(NC(=O)C([NH3+])Cc2c[nH]c3ccccc23)cc1. The van der Waals surface area contributed by atoms with E-state index in [1.165, 1.54) is 0 Å². The van der Waals surface area contributed by atoms with Gasteiger partial charge < -0.3 is 20.8 Å². The zero-order valence-electron chi connectivity index (χ0n) is 13.0. The molecule has 118 valence electrons. The van der Waals surface area contributed by atoms with Gasteiger partial charge in [-0.05, 0) is 35.9 Å². The van der Waals surface area contributed by atoms with Gasteiger partial charge in [0.1, 0.15) is 5.75 Å². The molecule has 2 aromatic carbocycles. The van der Waals surface area contributed by atoms with Gasteiger partial charge in [-0.1, -0.05) is 18.2 Å². The summed E-state index contributed by atoms with van der Waals surface area (Å²) >= 11 is 0. The third-order valence-corrected chi connectivity index (χ3v) is 3.87. The molecular weight excluding hydrogens is 290 g/mol. The topological polar surface area (TPSA) is 81.8 Å². The van der Waals surface area contributed by atoms with Crippen LogP contribution in [-0.2, 0) is 11.2 Å². The third kappa shape index (κ3) is 3.35. The van der Waals surface area contributed by atoms with Crippen molar-refractivity contribution >= 4 is 22.5 Å². The smallest absolute Gasteiger partial charge is 0.282 e. The number of carbonyl (C=O) groups excluding carboxylic acids is 1. The first-order valence-corrected chi connectivity index (χ1v) is 7.50. The number of fused-ring (bicyclic) bond motifs is 1. The van der Waals surface area contributed by atoms with Gasteiger partial charge in [0.15, 0.2) is 6.04 Å². The van der Waals surface area contributed by atoms with E-state index in [4.69, 9.17) is 4.74 Å². The Hall–Kier alpha value is -2.79. The minimum Gasteiger partial charge on any atom is -0.497 e. The molecule has 5 nitrogen and oxygen atoms in total. The quantitative estimate of drug-likeness (QED) is 0.673. The number of benzene rings is 2. The predicted octanol–water partition coefficient (Wildman–Crippen LogP) is 1.97. The standard InChI is InChI=1S/C18H19N3O2/c1-23-14-8-6-13(7-9-14)21-18(22)16(19)10-12-11-20-17-5-3-2-4-15(12)17/h2-9,11,16,20H,10,19H2,1H3,(H,21,22)/p+1. The summed E-state index contributed by atoms with van der Waals surface area (Å²) in [5.74, 6) is 0.661. The number of para-hydroxylation sites is 1. The zero-order chi connectivity index (χ0) is 16.2. The average molecular weight is 310 g/mol. The lowest BCUT2D eigenvalue weighted by molar-refractivity contribution is -0.402. The molecule has 0 fully saturated rings. The molecule has 0 bridgehead atoms. The number of carbonyl (C=O) groups is 1. The molecule has 0 aliphatic carbocycles. The van der Waals surface area contributed by atoms with Gasteiger partial charge in [0.05, 0.1) is 7.11 Å². The number of quaternary nitrogens is 1. The van der Waals surface area contributed by atoms with Gasteiger partial charge in [0.25, 0.3) is 5.91 Å². The Morgan fingerprint density at radius 3 is 2.70 bits per heavy atom. The predicted molar refractivity (Wildman–Crippen MR) is 90.3 cm³/mol. The normalized spacial score (nSPS) is 12.1. The highest BCUT2D eigenvalue weighted by atomic mass is 16.5. The zero-order valence-corrected chi connectivity index (χ0v) is 13.0. The number of rotatable bonds is 5. The highest BCUT2D eigenvalue weighted by Crippen LogP contribution is 2.19. The second-order valence-electron chi connectivity index (χ2n) is 5.48. The van der Waals surface area contributed by atoms with Crippen molar-refractivity contribution in [1.29, 1.82) is 0 Å². The minimum absolute atomic E-state index is 0.0968. The van der Waals surface area contributed by atoms with E-state index < -0.39 is 0 Å². The average Bonchev–Trinajstić information content (AvgIpc) is 2.98. The molecule has 0 saturated heterocycles. The number of anilines is 1. The third-order valence-electron chi connectivity index (χ3n) is 3.87. The van der Waals surface area contributed by atoms with Crippen LogP contribution >= 0.6 is 0 Å². The van der Waals surface area contributed by atoms with Crippen molar-refractivity contribution in [3.8, 4) is 5.75 Å². The van der Waals surface area contributed by atoms with E-state index in [-0.39, 0.29) is 11.9 Å². The van der Waals surface area contributed by atoms with Crippen LogP contribution < -0.4 is 15.8 Å². The first kappa shape index (κ1) is 15.1. The Morgan fingerprint density at radius 1 is 1.22 bits per heavy atom. The van der Waals surface area contributed by atoms with Gasteiger partial charge in [0, 0.05) is 29.2 Å². The molecule has 1 atom stereocenters. The van der Waals surface area contributed by atoms with Gasteiger partial charge in [-0.2, -0.15) is 0 Å². The fourth-order valence-corrected chi connectivity index (χ4v) is 2.58. The highest BCUT2D eigenvalue weighted by Gasteiger charge is 2.19. The Kier molecular flexibility index (Phi) is 4.30. The number of nitrogens with one attached hydrogen (secondary N) is 2. The van der Waals surface area contributed by atoms with Crippen molar-refractivity contribution in [1.82, 2.24) is 4.98 Å². The Morgan fingerprint density at radius 2 is 1.96 bits per heavy atom. The molecule has 1 amide bonds. The number of hydrogen-bond donors (Lipinski definition) is 3. The molecule has 0 saturated carbocycles. The van der Waals surface area contributed by atoms with Crippen LogP contribution in [0.15, 0.2) is 54.7 Å². The Balaban J connectivity index is 1.67. The van der Waals surface area contributed by atoms with Crippen LogP contribution in [0.3, 0.4) is 0 Å². The molecule has 0 radical (unpaired) electrons. The summed E-state index contributed by atoms with van der Waals surface area (Å²) < 4.78 is 5.10. The lowest BCUT2D eigenvalue weighted by atomic mass is 10.0. The van der Waals surface area contributed by atoms with E-state index in [0.29, 0.717) is 6.42 Å². The monoisotopic (exact) mass is 310 g/mol. The lowest BCUT2D eigenvalue weighted by Gasteiger charge is -2.10. The van der Waals surface area contributed by atoms with E-state index in [1.54, 1.807) is 7.11 Å². The van der Waals surface area contributed by atoms with Crippen molar-refractivity contribution < 1.29 is 15.3 Å². The maximum Gasteiger partial charge on any atom is 0.282 e. The maximum atomic E-state index is 12.3. The van der Waals surface area contributed by atoms with Gasteiger partial charge in [-0.3, -0.25) is 4.79 Å². The van der Waals surface area contributed by atoms with Gasteiger partial charge >= 0.3 is 0 Å². The molecule has 3 rings (SSSR count). The first-order valence-electron chi connectivity index (χ1n) is 7.50. The number of ether oxygens (including phenoxy) is 1. The number of aromatic nitrogens is 1. The number of H-pyrrole nitrogens is 1. The summed E-state index contributed by atoms with van der Waals surface area (Å²) in [5, 5.41) is 4.02. The highest BCUT2D eigenvalue weighted by molar-refractivity contribution is 5.94. The van der Waals surface area contributed by atoms with Gasteiger partial charge in [0.2, 0.25) is 0 Å². The molecule has 1 unspecified atom stereocenters. The first-order chi connectivity index (χ1) is 11.2. The summed E-state index contributed by atoms with van der Waals surface area (Å²) in [6, 6.07) is 14.9. The van der Waals surface area contributed by atoms with Crippen LogP contribution in [0.5, 0.6) is 5.75 Å². The largest absolute Gasteiger partial charge is 0.497 e. The molecule has 5 N–H and O–H groups in total. The molecule has 0 aliphatic rings. The van der Waals surface area contributed by atoms with Crippen LogP contribution in [0.25, 0.3) is 10.9 Å². The van der Waals surface area contributed by atoms with Gasteiger partial charge in [-0.15, -0.1) is 0 Å². The lowest BCUT2D eigenvalue weighted by Crippen LogP contribution is -2.67. The Bertz CT molecular complexity index is 809. The summed E-state index contributed by atoms with van der Waals surface area (Å²) in [7, 11) is 1.61. The fraction of sp³-hybridized carbons (Fsp3) is 0.167. The maximum absolute atomic E-state index is 12.3. The summed E-state index contributed by atoms with van der Waals surface area (Å²) in [4.78, 5) is 15.5. The second-order valence-corrected chi connectivity index (χ2v) is 5.48.